The lowest BCUT2D eigenvalue weighted by molar-refractivity contribution is 0.975. The van der Waals surface area contributed by atoms with Gasteiger partial charge in [0.2, 0.25) is 0 Å². The monoisotopic (exact) mass is 180 g/mol. The number of terminal acetylenes is 1. The smallest absolute Gasteiger partial charge is 0.184 e. The molecule has 0 radical (unpaired) electrons. The van der Waals surface area contributed by atoms with Crippen LogP contribution in [-0.2, 0) is 0 Å². The molecule has 0 aliphatic heterocycles. The number of rotatable bonds is 3. The fourth-order valence-corrected chi connectivity index (χ4v) is 1.64. The van der Waals surface area contributed by atoms with Gasteiger partial charge in [-0.25, -0.2) is 4.98 Å². The van der Waals surface area contributed by atoms with E-state index in [1.54, 1.807) is 11.3 Å². The number of aromatic nitrogens is 1. The van der Waals surface area contributed by atoms with Crippen molar-refractivity contribution in [3.05, 3.63) is 10.6 Å². The summed E-state index contributed by atoms with van der Waals surface area (Å²) in [7, 11) is 0. The standard InChI is InChI=1S/C9H12N2S/c1-4-6-10-9-11-8(5-2)7(3)12-9/h2H,4,6H2,1,3H3,(H,10,11). The van der Waals surface area contributed by atoms with Crippen LogP contribution in [0, 0.1) is 19.3 Å². The number of hydrogen-bond acceptors (Lipinski definition) is 3. The van der Waals surface area contributed by atoms with Crippen LogP contribution in [0.5, 0.6) is 0 Å². The van der Waals surface area contributed by atoms with E-state index in [4.69, 9.17) is 6.42 Å². The topological polar surface area (TPSA) is 24.9 Å². The van der Waals surface area contributed by atoms with E-state index in [0.29, 0.717) is 0 Å². The first kappa shape index (κ1) is 9.08. The first-order valence-corrected chi connectivity index (χ1v) is 4.77. The predicted molar refractivity (Wildman–Crippen MR) is 53.6 cm³/mol. The number of nitrogens with zero attached hydrogens (tertiary/aromatic N) is 1. The van der Waals surface area contributed by atoms with Crippen LogP contribution in [0.25, 0.3) is 0 Å². The van der Waals surface area contributed by atoms with Crippen LogP contribution in [-0.4, -0.2) is 11.5 Å². The third-order valence-electron chi connectivity index (χ3n) is 1.46. The van der Waals surface area contributed by atoms with Crippen molar-refractivity contribution in [2.75, 3.05) is 11.9 Å². The van der Waals surface area contributed by atoms with Gasteiger partial charge in [-0.1, -0.05) is 6.92 Å². The molecule has 64 valence electrons. The summed E-state index contributed by atoms with van der Waals surface area (Å²) in [6, 6.07) is 0. The van der Waals surface area contributed by atoms with Gasteiger partial charge in [0.25, 0.3) is 0 Å². The summed E-state index contributed by atoms with van der Waals surface area (Å²) in [5.74, 6) is 2.55. The van der Waals surface area contributed by atoms with Crippen molar-refractivity contribution < 1.29 is 0 Å². The van der Waals surface area contributed by atoms with E-state index >= 15 is 0 Å². The maximum Gasteiger partial charge on any atom is 0.184 e. The van der Waals surface area contributed by atoms with Gasteiger partial charge < -0.3 is 5.32 Å². The third-order valence-corrected chi connectivity index (χ3v) is 2.39. The van der Waals surface area contributed by atoms with E-state index in [0.717, 1.165) is 28.7 Å². The fourth-order valence-electron chi connectivity index (χ4n) is 0.838. The zero-order chi connectivity index (χ0) is 8.97. The lowest BCUT2D eigenvalue weighted by atomic mass is 10.4. The Morgan fingerprint density at radius 2 is 2.42 bits per heavy atom. The normalized spacial score (nSPS) is 9.42. The molecule has 0 aromatic carbocycles. The Balaban J connectivity index is 2.70. The second-order valence-electron chi connectivity index (χ2n) is 2.49. The number of anilines is 1. The molecule has 3 heteroatoms. The minimum absolute atomic E-state index is 0.763. The maximum atomic E-state index is 5.26. The van der Waals surface area contributed by atoms with Crippen LogP contribution in [0.15, 0.2) is 0 Å². The average molecular weight is 180 g/mol. The Bertz CT molecular complexity index is 296. The third kappa shape index (κ3) is 1.99. The predicted octanol–water partition coefficient (Wildman–Crippen LogP) is 2.25. The molecule has 0 bridgehead atoms. The lowest BCUT2D eigenvalue weighted by Crippen LogP contribution is -1.98. The average Bonchev–Trinajstić information content (AvgIpc) is 2.43. The van der Waals surface area contributed by atoms with Crippen molar-refractivity contribution in [1.29, 1.82) is 0 Å². The summed E-state index contributed by atoms with van der Waals surface area (Å²) in [4.78, 5) is 5.34. The van der Waals surface area contributed by atoms with Crippen molar-refractivity contribution in [3.8, 4) is 12.3 Å². The highest BCUT2D eigenvalue weighted by atomic mass is 32.1. The van der Waals surface area contributed by atoms with Crippen molar-refractivity contribution in [2.24, 2.45) is 0 Å². The molecule has 1 aromatic heterocycles. The Hall–Kier alpha value is -1.01. The summed E-state index contributed by atoms with van der Waals surface area (Å²) in [6.45, 7) is 5.07. The molecule has 12 heavy (non-hydrogen) atoms. The minimum atomic E-state index is 0.763. The van der Waals surface area contributed by atoms with Gasteiger partial charge in [-0.3, -0.25) is 0 Å². The molecule has 0 saturated carbocycles. The largest absolute Gasteiger partial charge is 0.361 e. The van der Waals surface area contributed by atoms with Crippen molar-refractivity contribution in [3.63, 3.8) is 0 Å². The summed E-state index contributed by atoms with van der Waals surface area (Å²) in [5, 5.41) is 4.13. The van der Waals surface area contributed by atoms with Gasteiger partial charge in [0.1, 0.15) is 5.69 Å². The molecule has 1 N–H and O–H groups in total. The zero-order valence-electron chi connectivity index (χ0n) is 7.35. The van der Waals surface area contributed by atoms with Crippen molar-refractivity contribution >= 4 is 16.5 Å². The Morgan fingerprint density at radius 1 is 1.67 bits per heavy atom. The fraction of sp³-hybridized carbons (Fsp3) is 0.444. The number of aryl methyl sites for hydroxylation is 1. The molecule has 0 aliphatic rings. The van der Waals surface area contributed by atoms with Crippen LogP contribution >= 0.6 is 11.3 Å². The summed E-state index contributed by atoms with van der Waals surface area (Å²) in [6.07, 6.45) is 6.36. The molecule has 1 heterocycles. The highest BCUT2D eigenvalue weighted by molar-refractivity contribution is 7.15. The lowest BCUT2D eigenvalue weighted by Gasteiger charge is -1.96. The Kier molecular flexibility index (Phi) is 3.12. The molecular weight excluding hydrogens is 168 g/mol. The van der Waals surface area contributed by atoms with Gasteiger partial charge in [-0.15, -0.1) is 17.8 Å². The van der Waals surface area contributed by atoms with Gasteiger partial charge in [0, 0.05) is 11.4 Å². The van der Waals surface area contributed by atoms with Gasteiger partial charge in [0.15, 0.2) is 5.13 Å². The Morgan fingerprint density at radius 3 is 2.92 bits per heavy atom. The maximum absolute atomic E-state index is 5.26. The van der Waals surface area contributed by atoms with Crippen LogP contribution in [0.4, 0.5) is 5.13 Å². The highest BCUT2D eigenvalue weighted by Gasteiger charge is 2.03. The molecule has 0 amide bonds. The quantitative estimate of drug-likeness (QED) is 0.722. The highest BCUT2D eigenvalue weighted by Crippen LogP contribution is 2.20. The summed E-state index contributed by atoms with van der Waals surface area (Å²) in [5.41, 5.74) is 0.763. The SMILES string of the molecule is C#Cc1nc(NCCC)sc1C. The molecule has 0 atom stereocenters. The summed E-state index contributed by atoms with van der Waals surface area (Å²) >= 11 is 1.61. The van der Waals surface area contributed by atoms with Crippen LogP contribution in [0.3, 0.4) is 0 Å². The zero-order valence-corrected chi connectivity index (χ0v) is 8.16. The van der Waals surface area contributed by atoms with Crippen molar-refractivity contribution in [1.82, 2.24) is 4.98 Å². The number of thiazole rings is 1. The molecule has 0 spiro atoms. The molecular formula is C9H12N2S. The number of nitrogens with one attached hydrogen (secondary N) is 1. The van der Waals surface area contributed by atoms with E-state index in [1.165, 1.54) is 0 Å². The number of hydrogen-bond donors (Lipinski definition) is 1. The second kappa shape index (κ2) is 4.13. The molecule has 0 fully saturated rings. The van der Waals surface area contributed by atoms with Gasteiger partial charge >= 0.3 is 0 Å². The first-order chi connectivity index (χ1) is 5.77. The van der Waals surface area contributed by atoms with Crippen LogP contribution in [0.2, 0.25) is 0 Å². The Labute approximate surface area is 77.0 Å². The molecule has 0 aliphatic carbocycles. The van der Waals surface area contributed by atoms with Gasteiger partial charge in [0.05, 0.1) is 0 Å². The molecule has 0 saturated heterocycles. The van der Waals surface area contributed by atoms with E-state index in [2.05, 4.69) is 23.1 Å². The van der Waals surface area contributed by atoms with Crippen LogP contribution in [0.1, 0.15) is 23.9 Å². The minimum Gasteiger partial charge on any atom is -0.361 e. The second-order valence-corrected chi connectivity index (χ2v) is 3.70. The molecule has 1 rings (SSSR count). The summed E-state index contributed by atoms with van der Waals surface area (Å²) < 4.78 is 0. The van der Waals surface area contributed by atoms with E-state index < -0.39 is 0 Å². The molecule has 1 aromatic rings. The van der Waals surface area contributed by atoms with Gasteiger partial charge in [-0.05, 0) is 19.3 Å². The molecule has 0 unspecified atom stereocenters. The van der Waals surface area contributed by atoms with E-state index in [-0.39, 0.29) is 0 Å². The van der Waals surface area contributed by atoms with Gasteiger partial charge in [-0.2, -0.15) is 0 Å². The van der Waals surface area contributed by atoms with Crippen molar-refractivity contribution in [2.45, 2.75) is 20.3 Å². The van der Waals surface area contributed by atoms with E-state index in [9.17, 15) is 0 Å². The molecule has 2 nitrogen and oxygen atoms in total. The van der Waals surface area contributed by atoms with Crippen LogP contribution < -0.4 is 5.32 Å². The van der Waals surface area contributed by atoms with E-state index in [1.807, 2.05) is 6.92 Å². The first-order valence-electron chi connectivity index (χ1n) is 3.95.